The number of hydrogen-bond acceptors (Lipinski definition) is 3. The molecule has 0 amide bonds. The summed E-state index contributed by atoms with van der Waals surface area (Å²) in [6.07, 6.45) is -4.78. The third kappa shape index (κ3) is 5.66. The summed E-state index contributed by atoms with van der Waals surface area (Å²) in [5, 5.41) is 3.23. The zero-order chi connectivity index (χ0) is 15.3. The molecule has 1 N–H and O–H groups in total. The van der Waals surface area contributed by atoms with Gasteiger partial charge in [0, 0.05) is 38.6 Å². The largest absolute Gasteiger partial charge is 0.497 e. The van der Waals surface area contributed by atoms with E-state index in [1.807, 2.05) is 12.1 Å². The molecule has 126 valence electrons. The molecule has 1 saturated heterocycles. The minimum atomic E-state index is -4.11. The summed E-state index contributed by atoms with van der Waals surface area (Å²) in [6.45, 7) is 3.18. The van der Waals surface area contributed by atoms with Crippen LogP contribution in [0.15, 0.2) is 24.3 Å². The van der Waals surface area contributed by atoms with Gasteiger partial charge in [-0.2, -0.15) is 13.2 Å². The van der Waals surface area contributed by atoms with Gasteiger partial charge in [-0.3, -0.25) is 4.90 Å². The maximum Gasteiger partial charge on any atom is 0.389 e. The SMILES string of the molecule is COc1ccc([C@H](CCC(F)(F)F)N2CCNCC2)cc1.Cl. The van der Waals surface area contributed by atoms with Crippen LogP contribution < -0.4 is 10.1 Å². The number of alkyl halides is 3. The van der Waals surface area contributed by atoms with Crippen LogP contribution in [0.2, 0.25) is 0 Å². The van der Waals surface area contributed by atoms with Gasteiger partial charge in [-0.1, -0.05) is 12.1 Å². The van der Waals surface area contributed by atoms with Crippen LogP contribution in [0.25, 0.3) is 0 Å². The van der Waals surface area contributed by atoms with Crippen molar-refractivity contribution in [3.8, 4) is 5.75 Å². The van der Waals surface area contributed by atoms with Crippen LogP contribution >= 0.6 is 12.4 Å². The smallest absolute Gasteiger partial charge is 0.389 e. The summed E-state index contributed by atoms with van der Waals surface area (Å²) in [5.74, 6) is 0.716. The number of piperazine rings is 1. The molecule has 1 heterocycles. The summed E-state index contributed by atoms with van der Waals surface area (Å²) < 4.78 is 42.8. The molecule has 7 heteroatoms. The summed E-state index contributed by atoms with van der Waals surface area (Å²) in [7, 11) is 1.58. The van der Waals surface area contributed by atoms with Crippen LogP contribution in [0.4, 0.5) is 13.2 Å². The van der Waals surface area contributed by atoms with Gasteiger partial charge in [-0.05, 0) is 24.1 Å². The molecule has 1 aliphatic rings. The maximum atomic E-state index is 12.6. The van der Waals surface area contributed by atoms with Crippen molar-refractivity contribution in [2.75, 3.05) is 33.3 Å². The van der Waals surface area contributed by atoms with Gasteiger partial charge in [0.2, 0.25) is 0 Å². The summed E-state index contributed by atoms with van der Waals surface area (Å²) in [4.78, 5) is 2.13. The average molecular weight is 339 g/mol. The quantitative estimate of drug-likeness (QED) is 0.890. The Morgan fingerprint density at radius 2 is 1.77 bits per heavy atom. The van der Waals surface area contributed by atoms with Gasteiger partial charge in [-0.15, -0.1) is 12.4 Å². The first kappa shape index (κ1) is 19.1. The van der Waals surface area contributed by atoms with Crippen LogP contribution in [0.3, 0.4) is 0 Å². The van der Waals surface area contributed by atoms with Crippen LogP contribution in [-0.4, -0.2) is 44.4 Å². The maximum absolute atomic E-state index is 12.6. The normalized spacial score (nSPS) is 17.6. The molecule has 2 rings (SSSR count). The van der Waals surface area contributed by atoms with Crippen molar-refractivity contribution in [3.05, 3.63) is 29.8 Å². The first-order chi connectivity index (χ1) is 9.99. The Bertz CT molecular complexity index is 433. The first-order valence-electron chi connectivity index (χ1n) is 7.15. The van der Waals surface area contributed by atoms with E-state index in [-0.39, 0.29) is 24.9 Å². The van der Waals surface area contributed by atoms with Crippen molar-refractivity contribution in [3.63, 3.8) is 0 Å². The summed E-state index contributed by atoms with van der Waals surface area (Å²) >= 11 is 0. The van der Waals surface area contributed by atoms with Crippen molar-refractivity contribution in [1.29, 1.82) is 0 Å². The fraction of sp³-hybridized carbons (Fsp3) is 0.600. The predicted octanol–water partition coefficient (Wildman–Crippen LogP) is 3.41. The van der Waals surface area contributed by atoms with Crippen molar-refractivity contribution in [1.82, 2.24) is 10.2 Å². The zero-order valence-corrected chi connectivity index (χ0v) is 13.3. The van der Waals surface area contributed by atoms with E-state index in [1.165, 1.54) is 0 Å². The molecule has 1 aromatic carbocycles. The van der Waals surface area contributed by atoms with E-state index in [4.69, 9.17) is 4.74 Å². The number of nitrogens with one attached hydrogen (secondary N) is 1. The summed E-state index contributed by atoms with van der Waals surface area (Å²) in [6, 6.07) is 7.14. The van der Waals surface area contributed by atoms with Gasteiger partial charge in [0.15, 0.2) is 0 Å². The number of methoxy groups -OCH3 is 1. The van der Waals surface area contributed by atoms with E-state index in [0.29, 0.717) is 5.75 Å². The van der Waals surface area contributed by atoms with Crippen LogP contribution in [-0.2, 0) is 0 Å². The van der Waals surface area contributed by atoms with E-state index in [2.05, 4.69) is 10.2 Å². The highest BCUT2D eigenvalue weighted by Crippen LogP contribution is 2.32. The molecule has 0 spiro atoms. The Kier molecular flexibility index (Phi) is 7.45. The highest BCUT2D eigenvalue weighted by Gasteiger charge is 2.31. The number of ether oxygens (including phenoxy) is 1. The van der Waals surface area contributed by atoms with Crippen molar-refractivity contribution in [2.24, 2.45) is 0 Å². The lowest BCUT2D eigenvalue weighted by molar-refractivity contribution is -0.138. The number of nitrogens with zero attached hydrogens (tertiary/aromatic N) is 1. The molecule has 3 nitrogen and oxygen atoms in total. The van der Waals surface area contributed by atoms with E-state index in [9.17, 15) is 13.2 Å². The standard InChI is InChI=1S/C15H21F3N2O.ClH/c1-21-13-4-2-12(3-5-13)14(6-7-15(16,17)18)20-10-8-19-9-11-20;/h2-5,14,19H,6-11H2,1H3;1H/t14-;/m0./s1. The predicted molar refractivity (Wildman–Crippen MR) is 82.7 cm³/mol. The topological polar surface area (TPSA) is 24.5 Å². The first-order valence-corrected chi connectivity index (χ1v) is 7.15. The Balaban J connectivity index is 0.00000242. The van der Waals surface area contributed by atoms with Crippen molar-refractivity contribution in [2.45, 2.75) is 25.1 Å². The molecule has 0 aromatic heterocycles. The Labute approximate surface area is 135 Å². The number of benzene rings is 1. The average Bonchev–Trinajstić information content (AvgIpc) is 2.48. The number of rotatable bonds is 5. The lowest BCUT2D eigenvalue weighted by atomic mass is 9.99. The van der Waals surface area contributed by atoms with Crippen LogP contribution in [0.1, 0.15) is 24.4 Å². The van der Waals surface area contributed by atoms with E-state index >= 15 is 0 Å². The van der Waals surface area contributed by atoms with Gasteiger partial charge in [-0.25, -0.2) is 0 Å². The Hall–Kier alpha value is -0.980. The third-order valence-corrected chi connectivity index (χ3v) is 3.79. The summed E-state index contributed by atoms with van der Waals surface area (Å²) in [5.41, 5.74) is 0.918. The monoisotopic (exact) mass is 338 g/mol. The van der Waals surface area contributed by atoms with E-state index < -0.39 is 12.6 Å². The molecule has 0 radical (unpaired) electrons. The van der Waals surface area contributed by atoms with Crippen molar-refractivity contribution < 1.29 is 17.9 Å². The number of hydrogen-bond donors (Lipinski definition) is 1. The molecular weight excluding hydrogens is 317 g/mol. The zero-order valence-electron chi connectivity index (χ0n) is 12.5. The minimum Gasteiger partial charge on any atom is -0.497 e. The lowest BCUT2D eigenvalue weighted by Crippen LogP contribution is -2.45. The second-order valence-corrected chi connectivity index (χ2v) is 5.23. The molecule has 1 aliphatic heterocycles. The van der Waals surface area contributed by atoms with E-state index in [0.717, 1.165) is 31.7 Å². The Morgan fingerprint density at radius 3 is 2.27 bits per heavy atom. The molecule has 1 aromatic rings. The molecule has 0 unspecified atom stereocenters. The second-order valence-electron chi connectivity index (χ2n) is 5.23. The fourth-order valence-corrected chi connectivity index (χ4v) is 2.68. The third-order valence-electron chi connectivity index (χ3n) is 3.79. The van der Waals surface area contributed by atoms with E-state index in [1.54, 1.807) is 19.2 Å². The molecule has 1 atom stereocenters. The molecule has 0 bridgehead atoms. The van der Waals surface area contributed by atoms with Gasteiger partial charge >= 0.3 is 6.18 Å². The van der Waals surface area contributed by atoms with Gasteiger partial charge in [0.05, 0.1) is 7.11 Å². The molecule has 22 heavy (non-hydrogen) atoms. The molecule has 0 saturated carbocycles. The minimum absolute atomic E-state index is 0. The Morgan fingerprint density at radius 1 is 1.18 bits per heavy atom. The highest BCUT2D eigenvalue weighted by atomic mass is 35.5. The second kappa shape index (κ2) is 8.60. The van der Waals surface area contributed by atoms with Gasteiger partial charge in [0.1, 0.15) is 5.75 Å². The number of halogens is 4. The van der Waals surface area contributed by atoms with Crippen molar-refractivity contribution >= 4 is 12.4 Å². The highest BCUT2D eigenvalue weighted by molar-refractivity contribution is 5.85. The molecule has 1 fully saturated rings. The van der Waals surface area contributed by atoms with Gasteiger partial charge < -0.3 is 10.1 Å². The van der Waals surface area contributed by atoms with Crippen LogP contribution in [0, 0.1) is 0 Å². The van der Waals surface area contributed by atoms with Crippen LogP contribution in [0.5, 0.6) is 5.75 Å². The van der Waals surface area contributed by atoms with Gasteiger partial charge in [0.25, 0.3) is 0 Å². The molecular formula is C15H22ClF3N2O. The fourth-order valence-electron chi connectivity index (χ4n) is 2.68. The lowest BCUT2D eigenvalue weighted by Gasteiger charge is -2.35. The molecule has 0 aliphatic carbocycles.